The summed E-state index contributed by atoms with van der Waals surface area (Å²) in [6.45, 7) is 3.74. The largest absolute Gasteiger partial charge is 0.103 e. The van der Waals surface area contributed by atoms with Crippen LogP contribution in [0.2, 0.25) is 0 Å². The van der Waals surface area contributed by atoms with E-state index in [0.717, 1.165) is 10.9 Å². The van der Waals surface area contributed by atoms with Gasteiger partial charge in [0.2, 0.25) is 0 Å². The number of halogens is 1. The van der Waals surface area contributed by atoms with E-state index >= 15 is 0 Å². The Morgan fingerprint density at radius 3 is 1.88 bits per heavy atom. The molecule has 0 bridgehead atoms. The van der Waals surface area contributed by atoms with E-state index < -0.39 is 0 Å². The number of hydrogen-bond acceptors (Lipinski definition) is 0. The number of hydrogen-bond donors (Lipinski definition) is 0. The van der Waals surface area contributed by atoms with Gasteiger partial charge in [-0.1, -0.05) is 58.4 Å². The maximum Gasteiger partial charge on any atom is 0.0175 e. The standard InChI is InChI=1S/C15H13Br/c1-2-3-12-4-6-13(7-5-12)14-8-10-15(16)11-9-14/h2,4-11H,1,3H2. The van der Waals surface area contributed by atoms with Crippen LogP contribution in [0.3, 0.4) is 0 Å². The Hall–Kier alpha value is -1.34. The summed E-state index contributed by atoms with van der Waals surface area (Å²) < 4.78 is 1.11. The molecule has 0 unspecified atom stereocenters. The third-order valence-corrected chi connectivity index (χ3v) is 3.04. The SMILES string of the molecule is C=CCc1ccc(-c2ccc(Br)cc2)cc1. The average molecular weight is 273 g/mol. The summed E-state index contributed by atoms with van der Waals surface area (Å²) >= 11 is 3.44. The van der Waals surface area contributed by atoms with E-state index in [9.17, 15) is 0 Å². The lowest BCUT2D eigenvalue weighted by molar-refractivity contribution is 1.28. The molecule has 0 atom stereocenters. The predicted molar refractivity (Wildman–Crippen MR) is 73.5 cm³/mol. The van der Waals surface area contributed by atoms with E-state index in [4.69, 9.17) is 0 Å². The van der Waals surface area contributed by atoms with Gasteiger partial charge in [0.05, 0.1) is 0 Å². The van der Waals surface area contributed by atoms with Crippen LogP contribution < -0.4 is 0 Å². The van der Waals surface area contributed by atoms with E-state index in [-0.39, 0.29) is 0 Å². The van der Waals surface area contributed by atoms with Gasteiger partial charge in [-0.3, -0.25) is 0 Å². The topological polar surface area (TPSA) is 0 Å². The Morgan fingerprint density at radius 2 is 1.38 bits per heavy atom. The Kier molecular flexibility index (Phi) is 3.58. The fraction of sp³-hybridized carbons (Fsp3) is 0.0667. The highest BCUT2D eigenvalue weighted by atomic mass is 79.9. The van der Waals surface area contributed by atoms with Crippen LogP contribution in [0.5, 0.6) is 0 Å². The normalized spacial score (nSPS) is 10.1. The second kappa shape index (κ2) is 5.13. The quantitative estimate of drug-likeness (QED) is 0.701. The second-order valence-corrected chi connectivity index (χ2v) is 4.61. The number of benzene rings is 2. The molecule has 0 fully saturated rings. The first-order chi connectivity index (χ1) is 7.79. The molecule has 0 amide bonds. The molecule has 16 heavy (non-hydrogen) atoms. The van der Waals surface area contributed by atoms with Crippen LogP contribution in [0.25, 0.3) is 11.1 Å². The van der Waals surface area contributed by atoms with Gasteiger partial charge in [-0.15, -0.1) is 6.58 Å². The molecule has 0 nitrogen and oxygen atoms in total. The van der Waals surface area contributed by atoms with E-state index in [2.05, 4.69) is 71.0 Å². The van der Waals surface area contributed by atoms with Crippen LogP contribution in [0.1, 0.15) is 5.56 Å². The highest BCUT2D eigenvalue weighted by Gasteiger charge is 1.97. The lowest BCUT2D eigenvalue weighted by Crippen LogP contribution is -1.81. The van der Waals surface area contributed by atoms with Crippen molar-refractivity contribution in [2.45, 2.75) is 6.42 Å². The Bertz CT molecular complexity index is 466. The molecule has 80 valence electrons. The molecule has 0 aliphatic carbocycles. The Labute approximate surface area is 105 Å². The van der Waals surface area contributed by atoms with Gasteiger partial charge in [0, 0.05) is 4.47 Å². The first kappa shape index (κ1) is 11.2. The highest BCUT2D eigenvalue weighted by molar-refractivity contribution is 9.10. The van der Waals surface area contributed by atoms with Gasteiger partial charge in [-0.2, -0.15) is 0 Å². The second-order valence-electron chi connectivity index (χ2n) is 3.70. The average Bonchev–Trinajstić information content (AvgIpc) is 2.32. The van der Waals surface area contributed by atoms with Crippen LogP contribution in [-0.4, -0.2) is 0 Å². The molecular formula is C15H13Br. The van der Waals surface area contributed by atoms with E-state index in [0.29, 0.717) is 0 Å². The number of allylic oxidation sites excluding steroid dienone is 1. The lowest BCUT2D eigenvalue weighted by atomic mass is 10.0. The van der Waals surface area contributed by atoms with Crippen molar-refractivity contribution in [3.8, 4) is 11.1 Å². The van der Waals surface area contributed by atoms with Gasteiger partial charge in [-0.05, 0) is 35.2 Å². The molecule has 0 saturated heterocycles. The predicted octanol–water partition coefficient (Wildman–Crippen LogP) is 4.84. The van der Waals surface area contributed by atoms with Crippen molar-refractivity contribution >= 4 is 15.9 Å². The van der Waals surface area contributed by atoms with Crippen LogP contribution in [0, 0.1) is 0 Å². The third-order valence-electron chi connectivity index (χ3n) is 2.51. The molecule has 2 aromatic rings. The van der Waals surface area contributed by atoms with Crippen LogP contribution in [0.15, 0.2) is 65.7 Å². The zero-order valence-corrected chi connectivity index (χ0v) is 10.6. The molecule has 0 spiro atoms. The van der Waals surface area contributed by atoms with Crippen LogP contribution in [0.4, 0.5) is 0 Å². The molecule has 2 aromatic carbocycles. The van der Waals surface area contributed by atoms with E-state index in [1.807, 2.05) is 6.08 Å². The summed E-state index contributed by atoms with van der Waals surface area (Å²) in [6.07, 6.45) is 2.86. The summed E-state index contributed by atoms with van der Waals surface area (Å²) in [4.78, 5) is 0. The molecule has 2 rings (SSSR count). The molecule has 1 heteroatoms. The van der Waals surface area contributed by atoms with Crippen LogP contribution >= 0.6 is 15.9 Å². The molecule has 0 aromatic heterocycles. The minimum Gasteiger partial charge on any atom is -0.103 e. The molecule has 0 saturated carbocycles. The first-order valence-corrected chi connectivity index (χ1v) is 6.04. The lowest BCUT2D eigenvalue weighted by Gasteiger charge is -2.03. The monoisotopic (exact) mass is 272 g/mol. The fourth-order valence-corrected chi connectivity index (χ4v) is 1.91. The van der Waals surface area contributed by atoms with Crippen molar-refractivity contribution in [1.29, 1.82) is 0 Å². The van der Waals surface area contributed by atoms with Crippen molar-refractivity contribution in [3.05, 3.63) is 71.2 Å². The van der Waals surface area contributed by atoms with Crippen molar-refractivity contribution in [2.75, 3.05) is 0 Å². The summed E-state index contributed by atoms with van der Waals surface area (Å²) in [5, 5.41) is 0. The molecular weight excluding hydrogens is 260 g/mol. The zero-order valence-electron chi connectivity index (χ0n) is 8.99. The summed E-state index contributed by atoms with van der Waals surface area (Å²) in [5.41, 5.74) is 3.80. The van der Waals surface area contributed by atoms with Crippen molar-refractivity contribution < 1.29 is 0 Å². The van der Waals surface area contributed by atoms with Gasteiger partial charge >= 0.3 is 0 Å². The minimum absolute atomic E-state index is 0.931. The van der Waals surface area contributed by atoms with Gasteiger partial charge in [-0.25, -0.2) is 0 Å². The zero-order chi connectivity index (χ0) is 11.4. The van der Waals surface area contributed by atoms with Gasteiger partial charge in [0.1, 0.15) is 0 Å². The van der Waals surface area contributed by atoms with Gasteiger partial charge in [0.25, 0.3) is 0 Å². The summed E-state index contributed by atoms with van der Waals surface area (Å²) in [6, 6.07) is 17.0. The molecule has 0 aliphatic heterocycles. The third kappa shape index (κ3) is 2.61. The van der Waals surface area contributed by atoms with Crippen molar-refractivity contribution in [2.24, 2.45) is 0 Å². The molecule has 0 radical (unpaired) electrons. The van der Waals surface area contributed by atoms with Crippen molar-refractivity contribution in [1.82, 2.24) is 0 Å². The fourth-order valence-electron chi connectivity index (χ4n) is 1.64. The highest BCUT2D eigenvalue weighted by Crippen LogP contribution is 2.22. The maximum absolute atomic E-state index is 3.74. The minimum atomic E-state index is 0.931. The van der Waals surface area contributed by atoms with E-state index in [1.165, 1.54) is 16.7 Å². The van der Waals surface area contributed by atoms with Crippen LogP contribution in [-0.2, 0) is 6.42 Å². The molecule has 0 aliphatic rings. The smallest absolute Gasteiger partial charge is 0.0175 e. The molecule has 0 N–H and O–H groups in total. The van der Waals surface area contributed by atoms with Gasteiger partial charge < -0.3 is 0 Å². The number of rotatable bonds is 3. The summed E-state index contributed by atoms with van der Waals surface area (Å²) in [7, 11) is 0. The van der Waals surface area contributed by atoms with Gasteiger partial charge in [0.15, 0.2) is 0 Å². The summed E-state index contributed by atoms with van der Waals surface area (Å²) in [5.74, 6) is 0. The Morgan fingerprint density at radius 1 is 0.875 bits per heavy atom. The maximum atomic E-state index is 3.74. The first-order valence-electron chi connectivity index (χ1n) is 5.25. The van der Waals surface area contributed by atoms with Crippen molar-refractivity contribution in [3.63, 3.8) is 0 Å². The van der Waals surface area contributed by atoms with E-state index in [1.54, 1.807) is 0 Å². The molecule has 0 heterocycles. The Balaban J connectivity index is 2.27.